The Kier molecular flexibility index (Phi) is 4.82. The average Bonchev–Trinajstić information content (AvgIpc) is 2.48. The minimum Gasteiger partial charge on any atom is -0.476 e. The van der Waals surface area contributed by atoms with E-state index < -0.39 is 0 Å². The number of aryl methyl sites for hydroxylation is 1. The van der Waals surface area contributed by atoms with Crippen molar-refractivity contribution in [3.8, 4) is 17.5 Å². The van der Waals surface area contributed by atoms with Gasteiger partial charge in [0.15, 0.2) is 0 Å². The summed E-state index contributed by atoms with van der Waals surface area (Å²) in [6.07, 6.45) is 1.88. The van der Waals surface area contributed by atoms with E-state index in [-0.39, 0.29) is 0 Å². The maximum atomic E-state index is 5.83. The summed E-state index contributed by atoms with van der Waals surface area (Å²) < 4.78 is 11.2. The molecular formula is C16H20N2O2. The average molecular weight is 272 g/mol. The Labute approximate surface area is 119 Å². The normalized spacial score (nSPS) is 10.3. The number of hydrogen-bond acceptors (Lipinski definition) is 4. The van der Waals surface area contributed by atoms with Crippen molar-refractivity contribution in [2.24, 2.45) is 0 Å². The quantitative estimate of drug-likeness (QED) is 0.868. The molecule has 0 spiro atoms. The number of rotatable bonds is 6. The van der Waals surface area contributed by atoms with Crippen LogP contribution in [0.1, 0.15) is 25.8 Å². The van der Waals surface area contributed by atoms with Crippen molar-refractivity contribution in [2.75, 3.05) is 12.3 Å². The van der Waals surface area contributed by atoms with Gasteiger partial charge < -0.3 is 15.2 Å². The maximum absolute atomic E-state index is 5.83. The predicted octanol–water partition coefficient (Wildman–Crippen LogP) is 3.81. The molecule has 0 bridgehead atoms. The molecule has 2 N–H and O–H groups in total. The Morgan fingerprint density at radius 3 is 2.75 bits per heavy atom. The molecule has 0 saturated carbocycles. The smallest absolute Gasteiger partial charge is 0.240 e. The van der Waals surface area contributed by atoms with Crippen LogP contribution >= 0.6 is 0 Å². The zero-order valence-corrected chi connectivity index (χ0v) is 11.9. The van der Waals surface area contributed by atoms with E-state index in [2.05, 4.69) is 18.0 Å². The molecule has 1 aromatic carbocycles. The zero-order valence-electron chi connectivity index (χ0n) is 11.9. The van der Waals surface area contributed by atoms with E-state index in [1.165, 1.54) is 5.56 Å². The number of nitrogens with two attached hydrogens (primary N) is 1. The van der Waals surface area contributed by atoms with Crippen LogP contribution in [0, 0.1) is 0 Å². The first-order chi connectivity index (χ1) is 9.72. The number of pyridine rings is 1. The van der Waals surface area contributed by atoms with Crippen LogP contribution in [0.3, 0.4) is 0 Å². The van der Waals surface area contributed by atoms with Gasteiger partial charge in [0.1, 0.15) is 5.75 Å². The number of nitrogen functional groups attached to an aromatic ring is 1. The van der Waals surface area contributed by atoms with Gasteiger partial charge in [-0.3, -0.25) is 0 Å². The minimum absolute atomic E-state index is 0.427. The second-order valence-electron chi connectivity index (χ2n) is 4.50. The van der Waals surface area contributed by atoms with E-state index in [4.69, 9.17) is 15.2 Å². The Hall–Kier alpha value is -2.23. The monoisotopic (exact) mass is 272 g/mol. The van der Waals surface area contributed by atoms with E-state index in [0.717, 1.165) is 18.6 Å². The molecule has 0 radical (unpaired) electrons. The van der Waals surface area contributed by atoms with Gasteiger partial charge in [0.25, 0.3) is 0 Å². The first-order valence-electron chi connectivity index (χ1n) is 6.89. The van der Waals surface area contributed by atoms with Crippen LogP contribution < -0.4 is 15.2 Å². The van der Waals surface area contributed by atoms with Crippen LogP contribution in [0.15, 0.2) is 36.4 Å². The highest BCUT2D eigenvalue weighted by atomic mass is 16.5. The van der Waals surface area contributed by atoms with E-state index in [9.17, 15) is 0 Å². The summed E-state index contributed by atoms with van der Waals surface area (Å²) in [5.74, 6) is 1.68. The molecule has 0 amide bonds. The Bertz CT molecular complexity index is 570. The summed E-state index contributed by atoms with van der Waals surface area (Å²) in [7, 11) is 0. The molecule has 0 saturated heterocycles. The minimum atomic E-state index is 0.427. The number of hydrogen-bond donors (Lipinski definition) is 1. The van der Waals surface area contributed by atoms with Crippen LogP contribution in [0.25, 0.3) is 0 Å². The molecule has 1 heterocycles. The van der Waals surface area contributed by atoms with E-state index in [1.54, 1.807) is 12.1 Å². The molecule has 2 rings (SSSR count). The second-order valence-corrected chi connectivity index (χ2v) is 4.50. The van der Waals surface area contributed by atoms with Gasteiger partial charge in [0, 0.05) is 6.07 Å². The molecule has 0 unspecified atom stereocenters. The first-order valence-corrected chi connectivity index (χ1v) is 6.89. The summed E-state index contributed by atoms with van der Waals surface area (Å²) in [4.78, 5) is 4.29. The van der Waals surface area contributed by atoms with E-state index in [1.807, 2.05) is 25.1 Å². The van der Waals surface area contributed by atoms with Gasteiger partial charge in [-0.1, -0.05) is 26.0 Å². The van der Waals surface area contributed by atoms with E-state index in [0.29, 0.717) is 24.1 Å². The molecule has 0 fully saturated rings. The molecule has 4 heteroatoms. The van der Waals surface area contributed by atoms with Crippen LogP contribution in [-0.2, 0) is 6.42 Å². The molecule has 0 aliphatic carbocycles. The number of ether oxygens (including phenoxy) is 2. The van der Waals surface area contributed by atoms with Gasteiger partial charge in [0.05, 0.1) is 12.3 Å². The largest absolute Gasteiger partial charge is 0.476 e. The van der Waals surface area contributed by atoms with Crippen LogP contribution in [-0.4, -0.2) is 11.6 Å². The molecule has 2 aromatic rings. The second kappa shape index (κ2) is 6.80. The fraction of sp³-hybridized carbons (Fsp3) is 0.312. The van der Waals surface area contributed by atoms with Crippen LogP contribution in [0.2, 0.25) is 0 Å². The van der Waals surface area contributed by atoms with Gasteiger partial charge in [-0.15, -0.1) is 0 Å². The molecule has 0 aliphatic heterocycles. The lowest BCUT2D eigenvalue weighted by Crippen LogP contribution is -2.02. The summed E-state index contributed by atoms with van der Waals surface area (Å²) in [6, 6.07) is 11.4. The maximum Gasteiger partial charge on any atom is 0.240 e. The van der Waals surface area contributed by atoms with Crippen molar-refractivity contribution in [1.82, 2.24) is 4.98 Å². The highest BCUT2D eigenvalue weighted by Gasteiger charge is 2.06. The SMILES string of the molecule is CCCOc1nc(Oc2cccc(CC)c2)ccc1N. The third-order valence-corrected chi connectivity index (χ3v) is 2.84. The van der Waals surface area contributed by atoms with E-state index >= 15 is 0 Å². The molecule has 20 heavy (non-hydrogen) atoms. The first kappa shape index (κ1) is 14.2. The third kappa shape index (κ3) is 3.63. The van der Waals surface area contributed by atoms with Crippen molar-refractivity contribution in [2.45, 2.75) is 26.7 Å². The van der Waals surface area contributed by atoms with Crippen LogP contribution in [0.4, 0.5) is 5.69 Å². The number of aromatic nitrogens is 1. The lowest BCUT2D eigenvalue weighted by molar-refractivity contribution is 0.302. The molecule has 4 nitrogen and oxygen atoms in total. The molecule has 1 aromatic heterocycles. The van der Waals surface area contributed by atoms with Crippen molar-refractivity contribution in [3.05, 3.63) is 42.0 Å². The summed E-state index contributed by atoms with van der Waals surface area (Å²) in [5, 5.41) is 0. The zero-order chi connectivity index (χ0) is 14.4. The number of nitrogens with zero attached hydrogens (tertiary/aromatic N) is 1. The van der Waals surface area contributed by atoms with Crippen molar-refractivity contribution >= 4 is 5.69 Å². The summed E-state index contributed by atoms with van der Waals surface area (Å²) >= 11 is 0. The highest BCUT2D eigenvalue weighted by Crippen LogP contribution is 2.26. The van der Waals surface area contributed by atoms with Gasteiger partial charge in [-0.05, 0) is 36.6 Å². The van der Waals surface area contributed by atoms with Crippen molar-refractivity contribution in [3.63, 3.8) is 0 Å². The lowest BCUT2D eigenvalue weighted by atomic mass is 10.2. The van der Waals surface area contributed by atoms with Crippen LogP contribution in [0.5, 0.6) is 17.5 Å². The number of benzene rings is 1. The molecule has 0 atom stereocenters. The summed E-state index contributed by atoms with van der Waals surface area (Å²) in [5.41, 5.74) is 7.57. The summed E-state index contributed by atoms with van der Waals surface area (Å²) in [6.45, 7) is 4.73. The highest BCUT2D eigenvalue weighted by molar-refractivity contribution is 5.49. The third-order valence-electron chi connectivity index (χ3n) is 2.84. The number of anilines is 1. The van der Waals surface area contributed by atoms with Crippen molar-refractivity contribution < 1.29 is 9.47 Å². The Balaban J connectivity index is 2.16. The fourth-order valence-electron chi connectivity index (χ4n) is 1.76. The van der Waals surface area contributed by atoms with Crippen molar-refractivity contribution in [1.29, 1.82) is 0 Å². The van der Waals surface area contributed by atoms with Gasteiger partial charge in [-0.25, -0.2) is 0 Å². The molecule has 106 valence electrons. The topological polar surface area (TPSA) is 57.4 Å². The molecule has 0 aliphatic rings. The fourth-order valence-corrected chi connectivity index (χ4v) is 1.76. The standard InChI is InChI=1S/C16H20N2O2/c1-3-10-19-16-14(17)8-9-15(18-16)20-13-7-5-6-12(4-2)11-13/h5-9,11H,3-4,10,17H2,1-2H3. The van der Waals surface area contributed by atoms with Gasteiger partial charge in [-0.2, -0.15) is 4.98 Å². The lowest BCUT2D eigenvalue weighted by Gasteiger charge is -2.10. The van der Waals surface area contributed by atoms with Gasteiger partial charge >= 0.3 is 0 Å². The Morgan fingerprint density at radius 1 is 1.15 bits per heavy atom. The van der Waals surface area contributed by atoms with Gasteiger partial charge in [0.2, 0.25) is 11.8 Å². The Morgan fingerprint density at radius 2 is 2.00 bits per heavy atom. The molecular weight excluding hydrogens is 252 g/mol. The predicted molar refractivity (Wildman–Crippen MR) is 80.3 cm³/mol.